The molecule has 3 heteroatoms. The molecule has 3 rings (SSSR count). The topological polar surface area (TPSA) is 30.7 Å². The number of pyridine rings is 1. The van der Waals surface area contributed by atoms with E-state index >= 15 is 0 Å². The van der Waals surface area contributed by atoms with Crippen molar-refractivity contribution in [3.8, 4) is 0 Å². The van der Waals surface area contributed by atoms with Gasteiger partial charge in [-0.3, -0.25) is 0 Å². The van der Waals surface area contributed by atoms with Gasteiger partial charge in [-0.15, -0.1) is 0 Å². The first-order valence-corrected chi connectivity index (χ1v) is 7.22. The summed E-state index contributed by atoms with van der Waals surface area (Å²) in [6.07, 6.45) is 10.8. The Labute approximate surface area is 108 Å². The average molecular weight is 243 g/mol. The van der Waals surface area contributed by atoms with Crippen molar-refractivity contribution in [3.63, 3.8) is 0 Å². The molecule has 18 heavy (non-hydrogen) atoms. The van der Waals surface area contributed by atoms with E-state index in [1.165, 1.54) is 37.9 Å². The molecule has 2 heterocycles. The summed E-state index contributed by atoms with van der Waals surface area (Å²) in [5, 5.41) is 0. The summed E-state index contributed by atoms with van der Waals surface area (Å²) in [7, 11) is 0. The SMILES string of the molecule is CCCc1nc2cccnc2n1C1CCCCC1. The Morgan fingerprint density at radius 2 is 2.11 bits per heavy atom. The fourth-order valence-corrected chi connectivity index (χ4v) is 3.10. The molecule has 0 amide bonds. The summed E-state index contributed by atoms with van der Waals surface area (Å²) in [5.74, 6) is 1.23. The standard InChI is InChI=1S/C15H21N3/c1-2-7-14-17-13-10-6-11-16-15(13)18(14)12-8-4-3-5-9-12/h6,10-12H,2-5,7-9H2,1H3. The van der Waals surface area contributed by atoms with Crippen molar-refractivity contribution in [1.82, 2.24) is 14.5 Å². The van der Waals surface area contributed by atoms with Crippen molar-refractivity contribution in [2.24, 2.45) is 0 Å². The molecule has 1 aliphatic rings. The van der Waals surface area contributed by atoms with Gasteiger partial charge in [0.1, 0.15) is 11.3 Å². The van der Waals surface area contributed by atoms with Crippen LogP contribution in [0.3, 0.4) is 0 Å². The van der Waals surface area contributed by atoms with Crippen molar-refractivity contribution >= 4 is 11.2 Å². The van der Waals surface area contributed by atoms with E-state index in [1.54, 1.807) is 0 Å². The Kier molecular flexibility index (Phi) is 3.31. The highest BCUT2D eigenvalue weighted by molar-refractivity contribution is 5.71. The molecule has 0 radical (unpaired) electrons. The van der Waals surface area contributed by atoms with Gasteiger partial charge < -0.3 is 4.57 Å². The van der Waals surface area contributed by atoms with E-state index in [2.05, 4.69) is 22.5 Å². The van der Waals surface area contributed by atoms with Crippen LogP contribution in [0.25, 0.3) is 11.2 Å². The number of hydrogen-bond acceptors (Lipinski definition) is 2. The molecule has 3 nitrogen and oxygen atoms in total. The molecule has 0 bridgehead atoms. The van der Waals surface area contributed by atoms with Gasteiger partial charge in [-0.25, -0.2) is 9.97 Å². The van der Waals surface area contributed by atoms with E-state index in [1.807, 2.05) is 12.3 Å². The number of aryl methyl sites for hydroxylation is 1. The maximum Gasteiger partial charge on any atom is 0.160 e. The van der Waals surface area contributed by atoms with Crippen LogP contribution in [0, 0.1) is 0 Å². The molecule has 0 atom stereocenters. The molecule has 0 spiro atoms. The van der Waals surface area contributed by atoms with E-state index in [0.717, 1.165) is 24.0 Å². The predicted octanol–water partition coefficient (Wildman–Crippen LogP) is 3.89. The van der Waals surface area contributed by atoms with Gasteiger partial charge in [0, 0.05) is 18.7 Å². The summed E-state index contributed by atoms with van der Waals surface area (Å²) in [6.45, 7) is 2.22. The van der Waals surface area contributed by atoms with Crippen LogP contribution in [0.2, 0.25) is 0 Å². The fraction of sp³-hybridized carbons (Fsp3) is 0.600. The minimum absolute atomic E-state index is 0.625. The maximum absolute atomic E-state index is 4.78. The van der Waals surface area contributed by atoms with Gasteiger partial charge in [0.05, 0.1) is 0 Å². The third-order valence-corrected chi connectivity index (χ3v) is 3.94. The zero-order chi connectivity index (χ0) is 12.4. The van der Waals surface area contributed by atoms with Gasteiger partial charge in [0.25, 0.3) is 0 Å². The zero-order valence-electron chi connectivity index (χ0n) is 11.1. The van der Waals surface area contributed by atoms with Crippen LogP contribution in [0.4, 0.5) is 0 Å². The molecule has 1 aliphatic carbocycles. The Morgan fingerprint density at radius 3 is 2.89 bits per heavy atom. The second-order valence-corrected chi connectivity index (χ2v) is 5.29. The molecule has 0 saturated heterocycles. The molecular formula is C15H21N3. The third-order valence-electron chi connectivity index (χ3n) is 3.94. The first-order chi connectivity index (χ1) is 8.90. The number of aromatic nitrogens is 3. The van der Waals surface area contributed by atoms with Crippen LogP contribution in [0.5, 0.6) is 0 Å². The summed E-state index contributed by atoms with van der Waals surface area (Å²) >= 11 is 0. The van der Waals surface area contributed by atoms with Crippen LogP contribution < -0.4 is 0 Å². The van der Waals surface area contributed by atoms with Gasteiger partial charge in [-0.1, -0.05) is 26.2 Å². The van der Waals surface area contributed by atoms with E-state index in [0.29, 0.717) is 6.04 Å². The average Bonchev–Trinajstić information content (AvgIpc) is 2.78. The molecule has 0 aromatic carbocycles. The summed E-state index contributed by atoms with van der Waals surface area (Å²) in [6, 6.07) is 4.69. The van der Waals surface area contributed by atoms with Gasteiger partial charge >= 0.3 is 0 Å². The number of nitrogens with zero attached hydrogens (tertiary/aromatic N) is 3. The Balaban J connectivity index is 2.07. The molecular weight excluding hydrogens is 222 g/mol. The second-order valence-electron chi connectivity index (χ2n) is 5.29. The molecule has 2 aromatic heterocycles. The van der Waals surface area contributed by atoms with E-state index < -0.39 is 0 Å². The Hall–Kier alpha value is -1.38. The summed E-state index contributed by atoms with van der Waals surface area (Å²) in [5.41, 5.74) is 2.15. The van der Waals surface area contributed by atoms with Crippen molar-refractivity contribution in [2.75, 3.05) is 0 Å². The van der Waals surface area contributed by atoms with Crippen LogP contribution in [0.1, 0.15) is 57.3 Å². The van der Waals surface area contributed by atoms with Crippen molar-refractivity contribution in [1.29, 1.82) is 0 Å². The molecule has 0 N–H and O–H groups in total. The number of rotatable bonds is 3. The van der Waals surface area contributed by atoms with Gasteiger partial charge in [-0.2, -0.15) is 0 Å². The highest BCUT2D eigenvalue weighted by atomic mass is 15.1. The predicted molar refractivity (Wildman–Crippen MR) is 73.6 cm³/mol. The van der Waals surface area contributed by atoms with Crippen molar-refractivity contribution in [2.45, 2.75) is 57.9 Å². The Bertz CT molecular complexity index is 524. The lowest BCUT2D eigenvalue weighted by Crippen LogP contribution is -2.15. The largest absolute Gasteiger partial charge is 0.310 e. The lowest BCUT2D eigenvalue weighted by atomic mass is 9.95. The van der Waals surface area contributed by atoms with Gasteiger partial charge in [-0.05, 0) is 31.4 Å². The third kappa shape index (κ3) is 2.02. The molecule has 0 aliphatic heterocycles. The monoisotopic (exact) mass is 243 g/mol. The summed E-state index contributed by atoms with van der Waals surface area (Å²) < 4.78 is 2.43. The number of hydrogen-bond donors (Lipinski definition) is 0. The highest BCUT2D eigenvalue weighted by Crippen LogP contribution is 2.32. The van der Waals surface area contributed by atoms with Gasteiger partial charge in [0.15, 0.2) is 5.65 Å². The fourth-order valence-electron chi connectivity index (χ4n) is 3.10. The van der Waals surface area contributed by atoms with E-state index in [-0.39, 0.29) is 0 Å². The number of fused-ring (bicyclic) bond motifs is 1. The van der Waals surface area contributed by atoms with Crippen LogP contribution in [-0.4, -0.2) is 14.5 Å². The molecule has 1 saturated carbocycles. The smallest absolute Gasteiger partial charge is 0.160 e. The van der Waals surface area contributed by atoms with Crippen LogP contribution in [-0.2, 0) is 6.42 Å². The lowest BCUT2D eigenvalue weighted by molar-refractivity contribution is 0.351. The minimum Gasteiger partial charge on any atom is -0.310 e. The second kappa shape index (κ2) is 5.09. The van der Waals surface area contributed by atoms with Crippen LogP contribution in [0.15, 0.2) is 18.3 Å². The van der Waals surface area contributed by atoms with Crippen LogP contribution >= 0.6 is 0 Å². The number of imidazole rings is 1. The zero-order valence-corrected chi connectivity index (χ0v) is 11.1. The van der Waals surface area contributed by atoms with Crippen molar-refractivity contribution < 1.29 is 0 Å². The van der Waals surface area contributed by atoms with E-state index in [4.69, 9.17) is 4.98 Å². The molecule has 1 fully saturated rings. The normalized spacial score (nSPS) is 17.4. The van der Waals surface area contributed by atoms with Gasteiger partial charge in [0.2, 0.25) is 0 Å². The maximum atomic E-state index is 4.78. The first kappa shape index (κ1) is 11.7. The molecule has 0 unspecified atom stereocenters. The lowest BCUT2D eigenvalue weighted by Gasteiger charge is -2.25. The quantitative estimate of drug-likeness (QED) is 0.818. The highest BCUT2D eigenvalue weighted by Gasteiger charge is 2.21. The summed E-state index contributed by atoms with van der Waals surface area (Å²) in [4.78, 5) is 9.34. The Morgan fingerprint density at radius 1 is 1.28 bits per heavy atom. The van der Waals surface area contributed by atoms with Crippen molar-refractivity contribution in [3.05, 3.63) is 24.2 Å². The van der Waals surface area contributed by atoms with E-state index in [9.17, 15) is 0 Å². The molecule has 96 valence electrons. The first-order valence-electron chi connectivity index (χ1n) is 7.22. The molecule has 2 aromatic rings. The minimum atomic E-state index is 0.625.